The SMILES string of the molecule is CCOC(=O)c1nc(N(C)c2cc(C)c(Nc3nc4ccccc4s3)nn2)sc1C1CN(C)C1. The van der Waals surface area contributed by atoms with Gasteiger partial charge in [0.25, 0.3) is 0 Å². The summed E-state index contributed by atoms with van der Waals surface area (Å²) in [6, 6.07) is 9.96. The molecule has 1 aliphatic rings. The van der Waals surface area contributed by atoms with Crippen molar-refractivity contribution in [2.45, 2.75) is 19.8 Å². The predicted octanol–water partition coefficient (Wildman–Crippen LogP) is 4.57. The van der Waals surface area contributed by atoms with Crippen molar-refractivity contribution in [1.29, 1.82) is 0 Å². The van der Waals surface area contributed by atoms with Gasteiger partial charge in [0.05, 0.1) is 16.8 Å². The number of carbonyl (C=O) groups is 1. The molecular weight excluding hydrogens is 470 g/mol. The summed E-state index contributed by atoms with van der Waals surface area (Å²) in [4.78, 5) is 26.8. The lowest BCUT2D eigenvalue weighted by Gasteiger charge is -2.35. The first-order valence-corrected chi connectivity index (χ1v) is 12.6. The standard InChI is InChI=1S/C23H25N7O2S2/c1-5-32-21(31)18-19(14-11-29(3)12-14)34-23(25-18)30(4)17-10-13(2)20(28-27-17)26-22-24-15-8-6-7-9-16(15)33-22/h6-10,14H,5,11-12H2,1-4H3,(H,24,26,28). The van der Waals surface area contributed by atoms with Gasteiger partial charge in [0.15, 0.2) is 27.6 Å². The molecule has 0 spiro atoms. The number of para-hydroxylation sites is 1. The number of esters is 1. The van der Waals surface area contributed by atoms with E-state index in [0.717, 1.165) is 38.9 Å². The second-order valence-electron chi connectivity index (χ2n) is 8.25. The summed E-state index contributed by atoms with van der Waals surface area (Å²) in [6.45, 7) is 5.91. The molecule has 0 saturated carbocycles. The number of likely N-dealkylation sites (tertiary alicyclic amines) is 1. The number of likely N-dealkylation sites (N-methyl/N-ethyl adjacent to an activating group) is 1. The highest BCUT2D eigenvalue weighted by atomic mass is 32.1. The van der Waals surface area contributed by atoms with Gasteiger partial charge in [0.2, 0.25) is 0 Å². The van der Waals surface area contributed by atoms with E-state index in [1.807, 2.05) is 49.2 Å². The van der Waals surface area contributed by atoms with E-state index in [-0.39, 0.29) is 11.9 Å². The number of benzene rings is 1. The van der Waals surface area contributed by atoms with Gasteiger partial charge in [-0.05, 0) is 44.7 Å². The fourth-order valence-electron chi connectivity index (χ4n) is 3.83. The van der Waals surface area contributed by atoms with E-state index >= 15 is 0 Å². The zero-order valence-electron chi connectivity index (χ0n) is 19.4. The van der Waals surface area contributed by atoms with E-state index in [2.05, 4.69) is 37.4 Å². The predicted molar refractivity (Wildman–Crippen MR) is 136 cm³/mol. The molecule has 1 fully saturated rings. The molecule has 5 rings (SSSR count). The van der Waals surface area contributed by atoms with E-state index in [0.29, 0.717) is 29.1 Å². The fourth-order valence-corrected chi connectivity index (χ4v) is 5.80. The Balaban J connectivity index is 1.39. The minimum atomic E-state index is -0.374. The third kappa shape index (κ3) is 4.33. The van der Waals surface area contributed by atoms with Crippen LogP contribution in [0.3, 0.4) is 0 Å². The van der Waals surface area contributed by atoms with Gasteiger partial charge in [-0.25, -0.2) is 14.8 Å². The van der Waals surface area contributed by atoms with Crippen LogP contribution in [-0.2, 0) is 4.74 Å². The quantitative estimate of drug-likeness (QED) is 0.370. The minimum absolute atomic E-state index is 0.289. The summed E-state index contributed by atoms with van der Waals surface area (Å²) in [7, 11) is 3.95. The smallest absolute Gasteiger partial charge is 0.358 e. The molecule has 1 N–H and O–H groups in total. The van der Waals surface area contributed by atoms with Crippen LogP contribution in [0.25, 0.3) is 10.2 Å². The third-order valence-corrected chi connectivity index (χ3v) is 7.91. The van der Waals surface area contributed by atoms with Crippen molar-refractivity contribution in [3.05, 3.63) is 46.5 Å². The number of aryl methyl sites for hydroxylation is 1. The van der Waals surface area contributed by atoms with Crippen molar-refractivity contribution < 1.29 is 9.53 Å². The lowest BCUT2D eigenvalue weighted by Crippen LogP contribution is -2.41. The molecule has 34 heavy (non-hydrogen) atoms. The number of carbonyl (C=O) groups excluding carboxylic acids is 1. The topological polar surface area (TPSA) is 96.4 Å². The Kier molecular flexibility index (Phi) is 6.15. The first kappa shape index (κ1) is 22.6. The van der Waals surface area contributed by atoms with Crippen LogP contribution in [0.4, 0.5) is 21.9 Å². The zero-order chi connectivity index (χ0) is 23.8. The first-order chi connectivity index (χ1) is 16.4. The monoisotopic (exact) mass is 495 g/mol. The molecule has 11 heteroatoms. The number of fused-ring (bicyclic) bond motifs is 1. The zero-order valence-corrected chi connectivity index (χ0v) is 21.0. The highest BCUT2D eigenvalue weighted by Crippen LogP contribution is 2.38. The molecule has 1 aromatic carbocycles. The number of anilines is 4. The Morgan fingerprint density at radius 3 is 2.74 bits per heavy atom. The minimum Gasteiger partial charge on any atom is -0.461 e. The van der Waals surface area contributed by atoms with Crippen LogP contribution >= 0.6 is 22.7 Å². The summed E-state index contributed by atoms with van der Waals surface area (Å²) in [5.41, 5.74) is 2.29. The summed E-state index contributed by atoms with van der Waals surface area (Å²) < 4.78 is 6.37. The molecule has 3 aromatic heterocycles. The summed E-state index contributed by atoms with van der Waals surface area (Å²) in [5.74, 6) is 1.22. The number of nitrogens with one attached hydrogen (secondary N) is 1. The van der Waals surface area contributed by atoms with Crippen LogP contribution in [0.15, 0.2) is 30.3 Å². The number of ether oxygens (including phenoxy) is 1. The van der Waals surface area contributed by atoms with Gasteiger partial charge in [-0.3, -0.25) is 0 Å². The number of nitrogens with zero attached hydrogens (tertiary/aromatic N) is 6. The van der Waals surface area contributed by atoms with Gasteiger partial charge < -0.3 is 19.9 Å². The molecular formula is C23H25N7O2S2. The lowest BCUT2D eigenvalue weighted by atomic mass is 9.98. The van der Waals surface area contributed by atoms with Crippen LogP contribution in [-0.4, -0.2) is 64.8 Å². The molecule has 1 saturated heterocycles. The van der Waals surface area contributed by atoms with Crippen LogP contribution in [0.5, 0.6) is 0 Å². The van der Waals surface area contributed by atoms with Crippen LogP contribution < -0.4 is 10.2 Å². The lowest BCUT2D eigenvalue weighted by molar-refractivity contribution is 0.0516. The average molecular weight is 496 g/mol. The molecule has 0 atom stereocenters. The second kappa shape index (κ2) is 9.24. The van der Waals surface area contributed by atoms with Gasteiger partial charge in [-0.2, -0.15) is 0 Å². The Bertz CT molecular complexity index is 1310. The molecule has 4 aromatic rings. The van der Waals surface area contributed by atoms with Gasteiger partial charge in [-0.15, -0.1) is 21.5 Å². The number of aromatic nitrogens is 4. The highest BCUT2D eigenvalue weighted by molar-refractivity contribution is 7.22. The van der Waals surface area contributed by atoms with Crippen molar-refractivity contribution in [2.75, 3.05) is 44.0 Å². The molecule has 176 valence electrons. The number of hydrogen-bond donors (Lipinski definition) is 1. The van der Waals surface area contributed by atoms with Gasteiger partial charge in [0.1, 0.15) is 0 Å². The highest BCUT2D eigenvalue weighted by Gasteiger charge is 2.33. The van der Waals surface area contributed by atoms with Crippen LogP contribution in [0.1, 0.15) is 33.8 Å². The Labute approximate surface area is 205 Å². The Morgan fingerprint density at radius 1 is 1.24 bits per heavy atom. The van der Waals surface area contributed by atoms with E-state index in [4.69, 9.17) is 4.74 Å². The van der Waals surface area contributed by atoms with Crippen molar-refractivity contribution >= 4 is 60.8 Å². The van der Waals surface area contributed by atoms with Crippen molar-refractivity contribution in [3.63, 3.8) is 0 Å². The van der Waals surface area contributed by atoms with Gasteiger partial charge in [0, 0.05) is 30.9 Å². The van der Waals surface area contributed by atoms with E-state index in [1.165, 1.54) is 11.3 Å². The van der Waals surface area contributed by atoms with Gasteiger partial charge in [-0.1, -0.05) is 23.5 Å². The Hall–Kier alpha value is -3.15. The van der Waals surface area contributed by atoms with E-state index in [9.17, 15) is 4.79 Å². The molecule has 0 radical (unpaired) electrons. The normalized spacial score (nSPS) is 14.2. The molecule has 1 aliphatic heterocycles. The maximum atomic E-state index is 12.5. The second-order valence-corrected chi connectivity index (χ2v) is 10.3. The van der Waals surface area contributed by atoms with E-state index in [1.54, 1.807) is 18.3 Å². The molecule has 0 unspecified atom stereocenters. The average Bonchev–Trinajstić information content (AvgIpc) is 3.42. The summed E-state index contributed by atoms with van der Waals surface area (Å²) in [5, 5.41) is 13.5. The molecule has 4 heterocycles. The van der Waals surface area contributed by atoms with E-state index < -0.39 is 0 Å². The fraction of sp³-hybridized carbons (Fsp3) is 0.348. The largest absolute Gasteiger partial charge is 0.461 e. The molecule has 0 aliphatic carbocycles. The van der Waals surface area contributed by atoms with Crippen molar-refractivity contribution in [1.82, 2.24) is 25.1 Å². The van der Waals surface area contributed by atoms with Crippen molar-refractivity contribution in [3.8, 4) is 0 Å². The molecule has 0 amide bonds. The summed E-state index contributed by atoms with van der Waals surface area (Å²) in [6.07, 6.45) is 0. The van der Waals surface area contributed by atoms with Crippen LogP contribution in [0.2, 0.25) is 0 Å². The number of rotatable bonds is 7. The maximum Gasteiger partial charge on any atom is 0.358 e. The van der Waals surface area contributed by atoms with Gasteiger partial charge >= 0.3 is 5.97 Å². The Morgan fingerprint density at radius 2 is 2.03 bits per heavy atom. The number of hydrogen-bond acceptors (Lipinski definition) is 11. The first-order valence-electron chi connectivity index (χ1n) is 11.0. The molecule has 9 nitrogen and oxygen atoms in total. The van der Waals surface area contributed by atoms with Crippen molar-refractivity contribution in [2.24, 2.45) is 0 Å². The summed E-state index contributed by atoms with van der Waals surface area (Å²) >= 11 is 3.09. The van der Waals surface area contributed by atoms with Crippen LogP contribution in [0, 0.1) is 6.92 Å². The molecule has 0 bridgehead atoms. The number of thiazole rings is 2. The maximum absolute atomic E-state index is 12.5. The third-order valence-electron chi connectivity index (χ3n) is 5.67.